The molecule has 33 heavy (non-hydrogen) atoms. The van der Waals surface area contributed by atoms with Gasteiger partial charge in [-0.15, -0.1) is 0 Å². The van der Waals surface area contributed by atoms with E-state index in [4.69, 9.17) is 5.11 Å². The first-order valence-corrected chi connectivity index (χ1v) is 10.4. The largest absolute Gasteiger partial charge is 0.414 e. The fraction of sp³-hybridized carbons (Fsp3) is 0.429. The van der Waals surface area contributed by atoms with Crippen molar-refractivity contribution in [1.29, 1.82) is 5.26 Å². The molecule has 9 nitrogen and oxygen atoms in total. The molecular formula is C21H22F3N7O2. The number of carbonyl (C=O) groups excluding carboxylic acids is 1. The monoisotopic (exact) mass is 461 g/mol. The molecule has 2 aromatic rings. The van der Waals surface area contributed by atoms with Gasteiger partial charge in [-0.3, -0.25) is 4.79 Å². The number of hydrogen-bond acceptors (Lipinski definition) is 7. The number of carbonyl (C=O) groups is 1. The Bertz CT molecular complexity index is 1110. The van der Waals surface area contributed by atoms with Crippen molar-refractivity contribution < 1.29 is 23.1 Å². The number of piperidine rings is 1. The fourth-order valence-electron chi connectivity index (χ4n) is 3.99. The van der Waals surface area contributed by atoms with Gasteiger partial charge in [0.05, 0.1) is 23.0 Å². The molecule has 4 heterocycles. The number of aromatic nitrogens is 3. The van der Waals surface area contributed by atoms with Crippen LogP contribution in [0.4, 0.5) is 24.9 Å². The number of aromatic amines is 1. The molecule has 4 rings (SSSR count). The third-order valence-electron chi connectivity index (χ3n) is 5.87. The van der Waals surface area contributed by atoms with E-state index >= 15 is 0 Å². The van der Waals surface area contributed by atoms with Crippen molar-refractivity contribution in [1.82, 2.24) is 19.9 Å². The summed E-state index contributed by atoms with van der Waals surface area (Å²) in [7, 11) is 0. The Hall–Kier alpha value is -3.59. The average Bonchev–Trinajstić information content (AvgIpc) is 3.25. The normalized spacial score (nSPS) is 16.5. The number of aliphatic hydroxyl groups is 1. The van der Waals surface area contributed by atoms with Crippen LogP contribution in [0.5, 0.6) is 0 Å². The summed E-state index contributed by atoms with van der Waals surface area (Å²) in [4.78, 5) is 24.7. The summed E-state index contributed by atoms with van der Waals surface area (Å²) in [5.74, 6) is 0.668. The maximum atomic E-state index is 13.2. The molecule has 0 saturated carbocycles. The first-order valence-electron chi connectivity index (χ1n) is 10.4. The van der Waals surface area contributed by atoms with Crippen LogP contribution in [-0.4, -0.2) is 69.8 Å². The number of anilines is 2. The Morgan fingerprint density at radius 1 is 1.36 bits per heavy atom. The van der Waals surface area contributed by atoms with Crippen LogP contribution in [0.1, 0.15) is 24.0 Å². The minimum atomic E-state index is -4.47. The van der Waals surface area contributed by atoms with Gasteiger partial charge < -0.3 is 25.6 Å². The summed E-state index contributed by atoms with van der Waals surface area (Å²) in [5, 5.41) is 24.3. The van der Waals surface area contributed by atoms with E-state index in [1.54, 1.807) is 4.90 Å². The quantitative estimate of drug-likeness (QED) is 0.538. The van der Waals surface area contributed by atoms with E-state index in [0.29, 0.717) is 31.0 Å². The number of nitriles is 1. The zero-order valence-corrected chi connectivity index (χ0v) is 17.5. The minimum absolute atomic E-state index is 0.144. The Kier molecular flexibility index (Phi) is 6.24. The Labute approximate surface area is 187 Å². The summed E-state index contributed by atoms with van der Waals surface area (Å²) >= 11 is 0. The molecule has 1 fully saturated rings. The number of amides is 1. The van der Waals surface area contributed by atoms with Gasteiger partial charge in [0.15, 0.2) is 0 Å². The van der Waals surface area contributed by atoms with E-state index in [-0.39, 0.29) is 41.1 Å². The summed E-state index contributed by atoms with van der Waals surface area (Å²) in [6, 6.07) is 2.00. The molecule has 0 unspecified atom stereocenters. The van der Waals surface area contributed by atoms with Crippen molar-refractivity contribution in [2.24, 2.45) is 5.92 Å². The number of alkyl halides is 3. The summed E-state index contributed by atoms with van der Waals surface area (Å²) < 4.78 is 39.6. The molecular weight excluding hydrogens is 439 g/mol. The number of rotatable bonds is 5. The second kappa shape index (κ2) is 9.11. The van der Waals surface area contributed by atoms with Crippen molar-refractivity contribution in [3.05, 3.63) is 29.1 Å². The number of aliphatic hydroxyl groups excluding tert-OH is 1. The number of halogens is 3. The van der Waals surface area contributed by atoms with Gasteiger partial charge in [0.1, 0.15) is 18.5 Å². The Morgan fingerprint density at radius 2 is 2.12 bits per heavy atom. The van der Waals surface area contributed by atoms with E-state index in [0.717, 1.165) is 18.9 Å². The SMILES string of the molecule is N#Cc1cnc(NCC2CCN(C(=O)CO)CC2)nc1-c1c[nH]c2c1C=C(C(F)(F)F)CN2. The maximum Gasteiger partial charge on any atom is 0.414 e. The molecule has 0 atom stereocenters. The minimum Gasteiger partial charge on any atom is -0.387 e. The van der Waals surface area contributed by atoms with Gasteiger partial charge in [0.25, 0.3) is 0 Å². The van der Waals surface area contributed by atoms with Crippen LogP contribution in [0.2, 0.25) is 0 Å². The molecule has 2 aliphatic heterocycles. The number of likely N-dealkylation sites (tertiary alicyclic amines) is 1. The van der Waals surface area contributed by atoms with Crippen LogP contribution in [0.15, 0.2) is 18.0 Å². The van der Waals surface area contributed by atoms with Gasteiger partial charge in [0.2, 0.25) is 11.9 Å². The van der Waals surface area contributed by atoms with Gasteiger partial charge in [-0.1, -0.05) is 0 Å². The van der Waals surface area contributed by atoms with Crippen LogP contribution in [0.25, 0.3) is 17.3 Å². The maximum absolute atomic E-state index is 13.2. The van der Waals surface area contributed by atoms with E-state index in [1.165, 1.54) is 12.4 Å². The smallest absolute Gasteiger partial charge is 0.387 e. The van der Waals surface area contributed by atoms with Gasteiger partial charge in [0, 0.05) is 43.5 Å². The van der Waals surface area contributed by atoms with E-state index in [9.17, 15) is 23.2 Å². The third-order valence-corrected chi connectivity index (χ3v) is 5.87. The Morgan fingerprint density at radius 3 is 2.79 bits per heavy atom. The van der Waals surface area contributed by atoms with E-state index in [2.05, 4.69) is 25.6 Å². The standard InChI is InChI=1S/C21H22F3N7O2/c22-21(23,24)14-5-15-16(10-27-19(15)26-9-14)18-13(6-25)8-29-20(30-18)28-7-12-1-3-31(4-2-12)17(33)11-32/h5,8,10,12,26-27,32H,1-4,7,9,11H2,(H,28,29,30). The predicted octanol–water partition coefficient (Wildman–Crippen LogP) is 2.36. The molecule has 1 amide bonds. The second-order valence-corrected chi connectivity index (χ2v) is 7.94. The number of H-pyrrole nitrogens is 1. The number of nitrogens with one attached hydrogen (secondary N) is 3. The first kappa shape index (κ1) is 22.6. The molecule has 2 aliphatic rings. The van der Waals surface area contributed by atoms with Gasteiger partial charge >= 0.3 is 6.18 Å². The van der Waals surface area contributed by atoms with Crippen LogP contribution in [0, 0.1) is 17.2 Å². The molecule has 1 saturated heterocycles. The number of fused-ring (bicyclic) bond motifs is 1. The van der Waals surface area contributed by atoms with E-state index < -0.39 is 18.4 Å². The van der Waals surface area contributed by atoms with Crippen molar-refractivity contribution in [3.63, 3.8) is 0 Å². The second-order valence-electron chi connectivity index (χ2n) is 7.94. The zero-order valence-electron chi connectivity index (χ0n) is 17.5. The molecule has 0 aliphatic carbocycles. The third kappa shape index (κ3) is 4.78. The highest BCUT2D eigenvalue weighted by atomic mass is 19.4. The molecule has 0 bridgehead atoms. The lowest BCUT2D eigenvalue weighted by molar-refractivity contribution is -0.135. The van der Waals surface area contributed by atoms with Crippen LogP contribution < -0.4 is 10.6 Å². The molecule has 0 aromatic carbocycles. The lowest BCUT2D eigenvalue weighted by Crippen LogP contribution is -2.41. The molecule has 2 aromatic heterocycles. The Balaban J connectivity index is 1.52. The highest BCUT2D eigenvalue weighted by Crippen LogP contribution is 2.38. The van der Waals surface area contributed by atoms with Crippen LogP contribution >= 0.6 is 0 Å². The number of nitrogens with zero attached hydrogens (tertiary/aromatic N) is 4. The summed E-state index contributed by atoms with van der Waals surface area (Å²) in [6.07, 6.45) is 0.974. The molecule has 0 spiro atoms. The van der Waals surface area contributed by atoms with Crippen molar-refractivity contribution in [3.8, 4) is 17.3 Å². The number of hydrogen-bond donors (Lipinski definition) is 4. The summed E-state index contributed by atoms with van der Waals surface area (Å²) in [6.45, 7) is 0.810. The average molecular weight is 461 g/mol. The van der Waals surface area contributed by atoms with Crippen LogP contribution in [0.3, 0.4) is 0 Å². The van der Waals surface area contributed by atoms with Crippen molar-refractivity contribution >= 4 is 23.7 Å². The van der Waals surface area contributed by atoms with Crippen molar-refractivity contribution in [2.45, 2.75) is 19.0 Å². The van der Waals surface area contributed by atoms with E-state index in [1.807, 2.05) is 6.07 Å². The van der Waals surface area contributed by atoms with Crippen LogP contribution in [-0.2, 0) is 4.79 Å². The fourth-order valence-corrected chi connectivity index (χ4v) is 3.99. The zero-order chi connectivity index (χ0) is 23.6. The molecule has 4 N–H and O–H groups in total. The molecule has 12 heteroatoms. The first-order chi connectivity index (χ1) is 15.8. The van der Waals surface area contributed by atoms with Gasteiger partial charge in [-0.05, 0) is 24.8 Å². The topological polar surface area (TPSA) is 130 Å². The molecule has 174 valence electrons. The van der Waals surface area contributed by atoms with Gasteiger partial charge in [-0.25, -0.2) is 9.97 Å². The highest BCUT2D eigenvalue weighted by Gasteiger charge is 2.36. The predicted molar refractivity (Wildman–Crippen MR) is 114 cm³/mol. The van der Waals surface area contributed by atoms with Crippen molar-refractivity contribution in [2.75, 3.05) is 43.4 Å². The van der Waals surface area contributed by atoms with Gasteiger partial charge in [-0.2, -0.15) is 18.4 Å². The highest BCUT2D eigenvalue weighted by molar-refractivity contribution is 5.85. The summed E-state index contributed by atoms with van der Waals surface area (Å²) in [5.41, 5.74) is 0.322. The molecule has 0 radical (unpaired) electrons. The lowest BCUT2D eigenvalue weighted by Gasteiger charge is -2.31. The lowest BCUT2D eigenvalue weighted by atomic mass is 9.97.